The minimum Gasteiger partial charge on any atom is -0.436 e. The van der Waals surface area contributed by atoms with Crippen LogP contribution >= 0.6 is 23.2 Å². The van der Waals surface area contributed by atoms with Gasteiger partial charge in [0.2, 0.25) is 5.88 Å². The molecule has 0 amide bonds. The number of hydrogen-bond donors (Lipinski definition) is 1. The van der Waals surface area contributed by atoms with E-state index in [-0.39, 0.29) is 33.4 Å². The van der Waals surface area contributed by atoms with Gasteiger partial charge >= 0.3 is 0 Å². The second-order valence-electron chi connectivity index (χ2n) is 4.28. The molecule has 2 N–H and O–H groups in total. The fourth-order valence-electron chi connectivity index (χ4n) is 1.68. The number of nitro benzene ring substituents is 1. The molecule has 0 aliphatic rings. The molecule has 21 heavy (non-hydrogen) atoms. The Bertz CT molecular complexity index is 669. The molecule has 0 radical (unpaired) electrons. The van der Waals surface area contributed by atoms with Crippen LogP contribution in [0, 0.1) is 10.1 Å². The van der Waals surface area contributed by atoms with Gasteiger partial charge in [0.1, 0.15) is 0 Å². The van der Waals surface area contributed by atoms with Gasteiger partial charge in [-0.3, -0.25) is 10.1 Å². The molecule has 0 spiro atoms. The highest BCUT2D eigenvalue weighted by atomic mass is 35.5. The van der Waals surface area contributed by atoms with Gasteiger partial charge in [0, 0.05) is 29.9 Å². The molecule has 0 aliphatic carbocycles. The molecular weight excluding hydrogens is 317 g/mol. The third-order valence-electron chi connectivity index (χ3n) is 2.68. The molecule has 2 aromatic rings. The molecule has 1 atom stereocenters. The number of benzene rings is 1. The number of non-ortho nitro benzene ring substituents is 1. The highest BCUT2D eigenvalue weighted by Gasteiger charge is 2.18. The SMILES string of the molecule is CC(N)c1cccnc1Oc1c(Cl)cc([N+](=O)[O-])cc1Cl. The lowest BCUT2D eigenvalue weighted by Gasteiger charge is -2.13. The Labute approximate surface area is 130 Å². The predicted octanol–water partition coefficient (Wildman–Crippen LogP) is 4.11. The molecule has 0 fully saturated rings. The summed E-state index contributed by atoms with van der Waals surface area (Å²) in [5.41, 5.74) is 6.29. The molecule has 110 valence electrons. The lowest BCUT2D eigenvalue weighted by atomic mass is 10.1. The van der Waals surface area contributed by atoms with E-state index in [4.69, 9.17) is 33.7 Å². The molecule has 0 saturated carbocycles. The summed E-state index contributed by atoms with van der Waals surface area (Å²) in [5.74, 6) is 0.356. The van der Waals surface area contributed by atoms with Crippen molar-refractivity contribution >= 4 is 28.9 Å². The van der Waals surface area contributed by atoms with Crippen molar-refractivity contribution in [3.05, 3.63) is 56.2 Å². The summed E-state index contributed by atoms with van der Waals surface area (Å²) >= 11 is 12.0. The Morgan fingerprint density at radius 2 is 2.00 bits per heavy atom. The highest BCUT2D eigenvalue weighted by Crippen LogP contribution is 2.40. The first kappa shape index (κ1) is 15.5. The molecule has 0 bridgehead atoms. The van der Waals surface area contributed by atoms with Crippen molar-refractivity contribution < 1.29 is 9.66 Å². The average molecular weight is 328 g/mol. The second kappa shape index (κ2) is 6.26. The van der Waals surface area contributed by atoms with Crippen LogP contribution in [-0.4, -0.2) is 9.91 Å². The number of hydrogen-bond acceptors (Lipinski definition) is 5. The maximum Gasteiger partial charge on any atom is 0.272 e. The first-order valence-corrected chi connectivity index (χ1v) is 6.67. The molecule has 6 nitrogen and oxygen atoms in total. The predicted molar refractivity (Wildman–Crippen MR) is 80.0 cm³/mol. The molecule has 8 heteroatoms. The van der Waals surface area contributed by atoms with Gasteiger partial charge in [-0.05, 0) is 13.0 Å². The van der Waals surface area contributed by atoms with Gasteiger partial charge in [0.05, 0.1) is 15.0 Å². The maximum atomic E-state index is 10.7. The Kier molecular flexibility index (Phi) is 4.62. The largest absolute Gasteiger partial charge is 0.436 e. The van der Waals surface area contributed by atoms with Crippen LogP contribution in [-0.2, 0) is 0 Å². The van der Waals surface area contributed by atoms with Gasteiger partial charge in [0.15, 0.2) is 5.75 Å². The van der Waals surface area contributed by atoms with Gasteiger partial charge in [0.25, 0.3) is 5.69 Å². The van der Waals surface area contributed by atoms with Crippen LogP contribution in [0.25, 0.3) is 0 Å². The summed E-state index contributed by atoms with van der Waals surface area (Å²) in [7, 11) is 0. The zero-order valence-corrected chi connectivity index (χ0v) is 12.4. The van der Waals surface area contributed by atoms with E-state index < -0.39 is 4.92 Å². The monoisotopic (exact) mass is 327 g/mol. The fraction of sp³-hybridized carbons (Fsp3) is 0.154. The number of nitro groups is 1. The van der Waals surface area contributed by atoms with Crippen molar-refractivity contribution in [1.82, 2.24) is 4.98 Å². The Balaban J connectivity index is 2.43. The van der Waals surface area contributed by atoms with Crippen molar-refractivity contribution in [3.63, 3.8) is 0 Å². The van der Waals surface area contributed by atoms with Crippen LogP contribution in [0.3, 0.4) is 0 Å². The van der Waals surface area contributed by atoms with Gasteiger partial charge in [-0.25, -0.2) is 4.98 Å². The van der Waals surface area contributed by atoms with Crippen molar-refractivity contribution in [1.29, 1.82) is 0 Å². The summed E-state index contributed by atoms with van der Waals surface area (Å²) in [5, 5.41) is 10.8. The van der Waals surface area contributed by atoms with Crippen molar-refractivity contribution in [3.8, 4) is 11.6 Å². The van der Waals surface area contributed by atoms with Crippen LogP contribution < -0.4 is 10.5 Å². The number of pyridine rings is 1. The highest BCUT2D eigenvalue weighted by molar-refractivity contribution is 6.37. The molecule has 1 aromatic heterocycles. The number of ether oxygens (including phenoxy) is 1. The molecule has 1 heterocycles. The normalized spacial score (nSPS) is 12.0. The van der Waals surface area contributed by atoms with Crippen molar-refractivity contribution in [2.24, 2.45) is 5.73 Å². The second-order valence-corrected chi connectivity index (χ2v) is 5.10. The quantitative estimate of drug-likeness (QED) is 0.673. The zero-order valence-electron chi connectivity index (χ0n) is 10.9. The number of halogens is 2. The van der Waals surface area contributed by atoms with Crippen molar-refractivity contribution in [2.45, 2.75) is 13.0 Å². The number of nitrogens with zero attached hydrogens (tertiary/aromatic N) is 2. The topological polar surface area (TPSA) is 91.3 Å². The standard InChI is InChI=1S/C13H11Cl2N3O3/c1-7(16)9-3-2-4-17-13(9)21-12-10(14)5-8(18(19)20)6-11(12)15/h2-7H,16H2,1H3. The minimum atomic E-state index is -0.588. The fourth-order valence-corrected chi connectivity index (χ4v) is 2.23. The van der Waals surface area contributed by atoms with E-state index >= 15 is 0 Å². The first-order valence-electron chi connectivity index (χ1n) is 5.92. The van der Waals surface area contributed by atoms with E-state index in [1.54, 1.807) is 19.1 Å². The Hall–Kier alpha value is -1.89. The van der Waals surface area contributed by atoms with Gasteiger partial charge < -0.3 is 10.5 Å². The summed E-state index contributed by atoms with van der Waals surface area (Å²) in [6.45, 7) is 1.78. The van der Waals surface area contributed by atoms with Gasteiger partial charge in [-0.15, -0.1) is 0 Å². The van der Waals surface area contributed by atoms with E-state index in [2.05, 4.69) is 4.98 Å². The van der Waals surface area contributed by atoms with E-state index in [1.165, 1.54) is 6.20 Å². The third kappa shape index (κ3) is 3.41. The molecule has 0 aliphatic heterocycles. The molecule has 0 saturated heterocycles. The van der Waals surface area contributed by atoms with Crippen molar-refractivity contribution in [2.75, 3.05) is 0 Å². The third-order valence-corrected chi connectivity index (χ3v) is 3.25. The average Bonchev–Trinajstić information content (AvgIpc) is 2.42. The smallest absolute Gasteiger partial charge is 0.272 e. The summed E-state index contributed by atoms with van der Waals surface area (Å²) in [4.78, 5) is 14.2. The van der Waals surface area contributed by atoms with Crippen LogP contribution in [0.4, 0.5) is 5.69 Å². The van der Waals surface area contributed by atoms with E-state index in [0.717, 1.165) is 12.1 Å². The first-order chi connectivity index (χ1) is 9.90. The summed E-state index contributed by atoms with van der Waals surface area (Å²) in [6.07, 6.45) is 1.54. The number of aromatic nitrogens is 1. The van der Waals surface area contributed by atoms with Gasteiger partial charge in [-0.1, -0.05) is 29.3 Å². The summed E-state index contributed by atoms with van der Waals surface area (Å²) in [6, 6.07) is 5.52. The van der Waals surface area contributed by atoms with Crippen LogP contribution in [0.15, 0.2) is 30.5 Å². The number of nitrogens with two attached hydrogens (primary N) is 1. The molecule has 2 rings (SSSR count). The molecular formula is C13H11Cl2N3O3. The lowest BCUT2D eigenvalue weighted by Crippen LogP contribution is -2.07. The van der Waals surface area contributed by atoms with Crippen LogP contribution in [0.5, 0.6) is 11.6 Å². The van der Waals surface area contributed by atoms with Crippen LogP contribution in [0.1, 0.15) is 18.5 Å². The minimum absolute atomic E-state index is 0.0236. The van der Waals surface area contributed by atoms with E-state index in [0.29, 0.717) is 5.56 Å². The summed E-state index contributed by atoms with van der Waals surface area (Å²) < 4.78 is 5.59. The molecule has 1 unspecified atom stereocenters. The number of rotatable bonds is 4. The Morgan fingerprint density at radius 3 is 2.52 bits per heavy atom. The molecule has 1 aromatic carbocycles. The van der Waals surface area contributed by atoms with E-state index in [9.17, 15) is 10.1 Å². The lowest BCUT2D eigenvalue weighted by molar-refractivity contribution is -0.384. The van der Waals surface area contributed by atoms with E-state index in [1.807, 2.05) is 0 Å². The Morgan fingerprint density at radius 1 is 1.38 bits per heavy atom. The van der Waals surface area contributed by atoms with Crippen LogP contribution in [0.2, 0.25) is 10.0 Å². The van der Waals surface area contributed by atoms with Gasteiger partial charge in [-0.2, -0.15) is 0 Å². The maximum absolute atomic E-state index is 10.7. The zero-order chi connectivity index (χ0) is 15.6.